The molecule has 6 heteroatoms. The molecule has 0 aromatic rings. The SMILES string of the molecule is CC1CCCC1CNC(=O)N1C[C@@H](O)C[C@H]1C(=O)O. The van der Waals surface area contributed by atoms with Crippen molar-refractivity contribution >= 4 is 12.0 Å². The zero-order valence-corrected chi connectivity index (χ0v) is 11.2. The molecule has 19 heavy (non-hydrogen) atoms. The number of hydrogen-bond acceptors (Lipinski definition) is 3. The van der Waals surface area contributed by atoms with Crippen LogP contribution in [-0.2, 0) is 4.79 Å². The minimum absolute atomic E-state index is 0.100. The molecule has 2 aliphatic rings. The highest BCUT2D eigenvalue weighted by Crippen LogP contribution is 2.30. The first kappa shape index (κ1) is 14.1. The largest absolute Gasteiger partial charge is 0.480 e. The Morgan fingerprint density at radius 2 is 2.11 bits per heavy atom. The van der Waals surface area contributed by atoms with Crippen molar-refractivity contribution < 1.29 is 19.8 Å². The second-order valence-corrected chi connectivity index (χ2v) is 5.75. The molecule has 0 aromatic carbocycles. The van der Waals surface area contributed by atoms with Gasteiger partial charge in [-0.1, -0.05) is 19.8 Å². The molecule has 1 saturated carbocycles. The quantitative estimate of drug-likeness (QED) is 0.702. The van der Waals surface area contributed by atoms with Crippen molar-refractivity contribution in [1.82, 2.24) is 10.2 Å². The number of aliphatic hydroxyl groups excluding tert-OH is 1. The number of likely N-dealkylation sites (tertiary alicyclic amines) is 1. The summed E-state index contributed by atoms with van der Waals surface area (Å²) in [6, 6.07) is -1.28. The van der Waals surface area contributed by atoms with E-state index in [2.05, 4.69) is 12.2 Å². The van der Waals surface area contributed by atoms with Crippen LogP contribution in [0.15, 0.2) is 0 Å². The van der Waals surface area contributed by atoms with Crippen LogP contribution in [0.5, 0.6) is 0 Å². The third-order valence-corrected chi connectivity index (χ3v) is 4.38. The highest BCUT2D eigenvalue weighted by molar-refractivity contribution is 5.83. The van der Waals surface area contributed by atoms with Crippen LogP contribution in [-0.4, -0.2) is 52.3 Å². The molecule has 1 aliphatic heterocycles. The van der Waals surface area contributed by atoms with Crippen LogP contribution in [0.25, 0.3) is 0 Å². The van der Waals surface area contributed by atoms with Crippen molar-refractivity contribution in [1.29, 1.82) is 0 Å². The maximum absolute atomic E-state index is 12.0. The van der Waals surface area contributed by atoms with Gasteiger partial charge in [-0.3, -0.25) is 0 Å². The molecule has 0 radical (unpaired) electrons. The molecule has 2 unspecified atom stereocenters. The number of nitrogens with zero attached hydrogens (tertiary/aromatic N) is 1. The number of aliphatic hydroxyl groups is 1. The number of urea groups is 1. The van der Waals surface area contributed by atoms with Gasteiger partial charge in [-0.2, -0.15) is 0 Å². The minimum Gasteiger partial charge on any atom is -0.480 e. The Kier molecular flexibility index (Phi) is 4.29. The summed E-state index contributed by atoms with van der Waals surface area (Å²) in [4.78, 5) is 24.3. The van der Waals surface area contributed by atoms with Crippen molar-refractivity contribution in [2.75, 3.05) is 13.1 Å². The van der Waals surface area contributed by atoms with Crippen molar-refractivity contribution in [3.05, 3.63) is 0 Å². The molecule has 4 atom stereocenters. The number of carbonyl (C=O) groups excluding carboxylic acids is 1. The molecular formula is C13H22N2O4. The third-order valence-electron chi connectivity index (χ3n) is 4.38. The number of carbonyl (C=O) groups is 2. The third kappa shape index (κ3) is 3.18. The van der Waals surface area contributed by atoms with Gasteiger partial charge in [-0.15, -0.1) is 0 Å². The average molecular weight is 270 g/mol. The molecule has 1 aliphatic carbocycles. The van der Waals surface area contributed by atoms with Crippen LogP contribution in [0.3, 0.4) is 0 Å². The van der Waals surface area contributed by atoms with Gasteiger partial charge in [0.2, 0.25) is 0 Å². The second kappa shape index (κ2) is 5.77. The van der Waals surface area contributed by atoms with Gasteiger partial charge >= 0.3 is 12.0 Å². The summed E-state index contributed by atoms with van der Waals surface area (Å²) in [6.07, 6.45) is 2.88. The monoisotopic (exact) mass is 270 g/mol. The van der Waals surface area contributed by atoms with E-state index in [1.165, 1.54) is 17.7 Å². The number of amides is 2. The minimum atomic E-state index is -1.05. The predicted molar refractivity (Wildman–Crippen MR) is 68.7 cm³/mol. The van der Waals surface area contributed by atoms with Crippen molar-refractivity contribution in [2.24, 2.45) is 11.8 Å². The maximum Gasteiger partial charge on any atom is 0.326 e. The Morgan fingerprint density at radius 3 is 2.68 bits per heavy atom. The fraction of sp³-hybridized carbons (Fsp3) is 0.846. The molecule has 3 N–H and O–H groups in total. The molecule has 2 rings (SSSR count). The van der Waals surface area contributed by atoms with E-state index in [9.17, 15) is 14.7 Å². The van der Waals surface area contributed by atoms with Crippen LogP contribution in [0.2, 0.25) is 0 Å². The first-order valence-electron chi connectivity index (χ1n) is 6.94. The lowest BCUT2D eigenvalue weighted by Crippen LogP contribution is -2.47. The van der Waals surface area contributed by atoms with E-state index >= 15 is 0 Å². The number of aliphatic carboxylic acids is 1. The summed E-state index contributed by atoms with van der Waals surface area (Å²) in [5.41, 5.74) is 0. The Balaban J connectivity index is 1.86. The summed E-state index contributed by atoms with van der Waals surface area (Å²) in [7, 11) is 0. The molecule has 6 nitrogen and oxygen atoms in total. The Hall–Kier alpha value is -1.30. The van der Waals surface area contributed by atoms with Crippen LogP contribution < -0.4 is 5.32 Å². The fourth-order valence-electron chi connectivity index (χ4n) is 3.12. The molecule has 0 aromatic heterocycles. The fourth-order valence-corrected chi connectivity index (χ4v) is 3.12. The van der Waals surface area contributed by atoms with Crippen LogP contribution in [0.4, 0.5) is 4.79 Å². The summed E-state index contributed by atoms with van der Waals surface area (Å²) in [5, 5.41) is 21.4. The van der Waals surface area contributed by atoms with E-state index in [0.717, 1.165) is 6.42 Å². The Labute approximate surface area is 112 Å². The number of hydrogen-bond donors (Lipinski definition) is 3. The normalized spacial score (nSPS) is 34.5. The van der Waals surface area contributed by atoms with E-state index in [0.29, 0.717) is 18.4 Å². The highest BCUT2D eigenvalue weighted by Gasteiger charge is 2.39. The van der Waals surface area contributed by atoms with Crippen LogP contribution in [0, 0.1) is 11.8 Å². The number of carboxylic acids is 1. The maximum atomic E-state index is 12.0. The molecule has 2 fully saturated rings. The molecule has 108 valence electrons. The highest BCUT2D eigenvalue weighted by atomic mass is 16.4. The number of carboxylic acid groups (broad SMARTS) is 1. The zero-order valence-electron chi connectivity index (χ0n) is 11.2. The number of nitrogens with one attached hydrogen (secondary N) is 1. The van der Waals surface area contributed by atoms with Gasteiger partial charge < -0.3 is 20.4 Å². The lowest BCUT2D eigenvalue weighted by molar-refractivity contribution is -0.141. The topological polar surface area (TPSA) is 89.9 Å². The summed E-state index contributed by atoms with van der Waals surface area (Å²) in [6.45, 7) is 2.88. The molecule has 1 saturated heterocycles. The predicted octanol–water partition coefficient (Wildman–Crippen LogP) is 0.652. The van der Waals surface area contributed by atoms with Crippen molar-refractivity contribution in [3.8, 4) is 0 Å². The van der Waals surface area contributed by atoms with Gasteiger partial charge in [0.05, 0.1) is 6.10 Å². The summed E-state index contributed by atoms with van der Waals surface area (Å²) >= 11 is 0. The van der Waals surface area contributed by atoms with Gasteiger partial charge in [-0.05, 0) is 18.3 Å². The average Bonchev–Trinajstić information content (AvgIpc) is 2.92. The van der Waals surface area contributed by atoms with E-state index in [1.807, 2.05) is 0 Å². The molecule has 0 spiro atoms. The molecule has 1 heterocycles. The van der Waals surface area contributed by atoms with Gasteiger partial charge in [-0.25, -0.2) is 9.59 Å². The summed E-state index contributed by atoms with van der Waals surface area (Å²) in [5.74, 6) is 0.0421. The van der Waals surface area contributed by atoms with E-state index < -0.39 is 18.1 Å². The van der Waals surface area contributed by atoms with E-state index in [-0.39, 0.29) is 19.0 Å². The Morgan fingerprint density at radius 1 is 1.37 bits per heavy atom. The van der Waals surface area contributed by atoms with Crippen molar-refractivity contribution in [2.45, 2.75) is 44.8 Å². The van der Waals surface area contributed by atoms with E-state index in [1.54, 1.807) is 0 Å². The van der Waals surface area contributed by atoms with Crippen molar-refractivity contribution in [3.63, 3.8) is 0 Å². The standard InChI is InChI=1S/C13H22N2O4/c1-8-3-2-4-9(8)6-14-13(19)15-7-10(16)5-11(15)12(17)18/h8-11,16H,2-7H2,1H3,(H,14,19)(H,17,18)/t8?,9?,10-,11-/m0/s1. The van der Waals surface area contributed by atoms with E-state index in [4.69, 9.17) is 5.11 Å². The molecule has 2 amide bonds. The smallest absolute Gasteiger partial charge is 0.326 e. The Bertz CT molecular complexity index is 361. The van der Waals surface area contributed by atoms with Crippen LogP contribution in [0.1, 0.15) is 32.6 Å². The first-order chi connectivity index (χ1) is 8.99. The lowest BCUT2D eigenvalue weighted by Gasteiger charge is -2.23. The van der Waals surface area contributed by atoms with Gasteiger partial charge in [0, 0.05) is 19.5 Å². The van der Waals surface area contributed by atoms with Gasteiger partial charge in [0.25, 0.3) is 0 Å². The lowest BCUT2D eigenvalue weighted by atomic mass is 9.98. The summed E-state index contributed by atoms with van der Waals surface area (Å²) < 4.78 is 0. The second-order valence-electron chi connectivity index (χ2n) is 5.75. The molecular weight excluding hydrogens is 248 g/mol. The number of rotatable bonds is 3. The van der Waals surface area contributed by atoms with Crippen LogP contribution >= 0.6 is 0 Å². The van der Waals surface area contributed by atoms with Gasteiger partial charge in [0.15, 0.2) is 0 Å². The molecule has 0 bridgehead atoms. The zero-order chi connectivity index (χ0) is 14.0. The van der Waals surface area contributed by atoms with Gasteiger partial charge in [0.1, 0.15) is 6.04 Å². The number of β-amino-alcohol motifs (C(OH)–C–C–N with tert-alkyl or cyclic N) is 1. The first-order valence-corrected chi connectivity index (χ1v) is 6.94.